The van der Waals surface area contributed by atoms with Crippen LogP contribution in [-0.2, 0) is 7.05 Å². The average molecular weight is 204 g/mol. The summed E-state index contributed by atoms with van der Waals surface area (Å²) in [7, 11) is 1.91. The van der Waals surface area contributed by atoms with Crippen molar-refractivity contribution in [2.24, 2.45) is 17.8 Å². The van der Waals surface area contributed by atoms with E-state index in [-0.39, 0.29) is 0 Å². The summed E-state index contributed by atoms with van der Waals surface area (Å²) in [5.41, 5.74) is 7.42. The zero-order valence-corrected chi connectivity index (χ0v) is 9.31. The molecule has 0 aliphatic carbocycles. The number of aromatic nitrogens is 2. The van der Waals surface area contributed by atoms with Crippen LogP contribution in [0.5, 0.6) is 0 Å². The predicted octanol–water partition coefficient (Wildman–Crippen LogP) is 1.93. The number of hydrogen-bond donors (Lipinski definition) is 1. The second-order valence-electron chi connectivity index (χ2n) is 3.29. The summed E-state index contributed by atoms with van der Waals surface area (Å²) in [6.45, 7) is 3.85. The molecule has 1 aromatic rings. The highest BCUT2D eigenvalue weighted by atomic mass is 15.1. The Morgan fingerprint density at radius 1 is 1.60 bits per heavy atom. The lowest BCUT2D eigenvalue weighted by Gasteiger charge is -1.95. The van der Waals surface area contributed by atoms with Gasteiger partial charge in [-0.25, -0.2) is 9.98 Å². The molecule has 1 aromatic heterocycles. The standard InChI is InChI=1S/C11H16N4/c1-4-5-10(12)9(2)6-13-11-7-15(3)8-14-11/h4-8H,12H2,1-3H3/b5-4-,10-9?,13-6?. The van der Waals surface area contributed by atoms with Crippen molar-refractivity contribution >= 4 is 12.0 Å². The van der Waals surface area contributed by atoms with Gasteiger partial charge in [0.2, 0.25) is 0 Å². The number of nitrogens with two attached hydrogens (primary N) is 1. The summed E-state index contributed by atoms with van der Waals surface area (Å²) in [6.07, 6.45) is 9.02. The fraction of sp³-hybridized carbons (Fsp3) is 0.273. The molecule has 0 fully saturated rings. The molecular formula is C11H16N4. The smallest absolute Gasteiger partial charge is 0.169 e. The van der Waals surface area contributed by atoms with Gasteiger partial charge in [-0.15, -0.1) is 0 Å². The highest BCUT2D eigenvalue weighted by Crippen LogP contribution is 2.06. The van der Waals surface area contributed by atoms with Crippen molar-refractivity contribution in [3.05, 3.63) is 35.9 Å². The van der Waals surface area contributed by atoms with Gasteiger partial charge in [0.25, 0.3) is 0 Å². The topological polar surface area (TPSA) is 56.2 Å². The molecule has 0 saturated carbocycles. The molecule has 0 aliphatic rings. The molecule has 80 valence electrons. The summed E-state index contributed by atoms with van der Waals surface area (Å²) in [6, 6.07) is 0. The summed E-state index contributed by atoms with van der Waals surface area (Å²) in [5.74, 6) is 0.685. The zero-order chi connectivity index (χ0) is 11.3. The lowest BCUT2D eigenvalue weighted by atomic mass is 10.2. The Balaban J connectivity index is 2.77. The first-order valence-electron chi connectivity index (χ1n) is 4.74. The summed E-state index contributed by atoms with van der Waals surface area (Å²) < 4.78 is 1.85. The zero-order valence-electron chi connectivity index (χ0n) is 9.31. The van der Waals surface area contributed by atoms with Gasteiger partial charge in [0.05, 0.1) is 6.33 Å². The molecule has 1 rings (SSSR count). The fourth-order valence-corrected chi connectivity index (χ4v) is 1.01. The van der Waals surface area contributed by atoms with E-state index in [1.807, 2.05) is 43.8 Å². The van der Waals surface area contributed by atoms with Crippen molar-refractivity contribution in [3.63, 3.8) is 0 Å². The van der Waals surface area contributed by atoms with Gasteiger partial charge in [0, 0.05) is 25.2 Å². The van der Waals surface area contributed by atoms with Gasteiger partial charge in [-0.05, 0) is 25.5 Å². The fourth-order valence-electron chi connectivity index (χ4n) is 1.01. The van der Waals surface area contributed by atoms with Crippen LogP contribution < -0.4 is 5.73 Å². The first-order valence-corrected chi connectivity index (χ1v) is 4.74. The number of aliphatic imine (C=N–C) groups is 1. The summed E-state index contributed by atoms with van der Waals surface area (Å²) in [5, 5.41) is 0. The molecule has 0 aliphatic heterocycles. The van der Waals surface area contributed by atoms with Crippen molar-refractivity contribution in [1.82, 2.24) is 9.55 Å². The van der Waals surface area contributed by atoms with Gasteiger partial charge >= 0.3 is 0 Å². The molecule has 0 saturated heterocycles. The van der Waals surface area contributed by atoms with Crippen LogP contribution >= 0.6 is 0 Å². The molecule has 1 heterocycles. The Hall–Kier alpha value is -1.84. The Bertz CT molecular complexity index is 410. The van der Waals surface area contributed by atoms with Crippen LogP contribution in [0, 0.1) is 0 Å². The number of hydrogen-bond acceptors (Lipinski definition) is 3. The minimum Gasteiger partial charge on any atom is -0.398 e. The molecule has 15 heavy (non-hydrogen) atoms. The maximum absolute atomic E-state index is 5.77. The number of nitrogens with zero attached hydrogens (tertiary/aromatic N) is 3. The van der Waals surface area contributed by atoms with Gasteiger partial charge in [0.1, 0.15) is 0 Å². The van der Waals surface area contributed by atoms with Crippen molar-refractivity contribution < 1.29 is 0 Å². The molecule has 0 aromatic carbocycles. The van der Waals surface area contributed by atoms with Crippen LogP contribution in [0.1, 0.15) is 13.8 Å². The molecule has 0 atom stereocenters. The second-order valence-corrected chi connectivity index (χ2v) is 3.29. The molecule has 0 radical (unpaired) electrons. The Morgan fingerprint density at radius 3 is 2.87 bits per heavy atom. The Morgan fingerprint density at radius 2 is 2.33 bits per heavy atom. The maximum Gasteiger partial charge on any atom is 0.169 e. The van der Waals surface area contributed by atoms with Gasteiger partial charge in [-0.3, -0.25) is 0 Å². The minimum atomic E-state index is 0.685. The summed E-state index contributed by atoms with van der Waals surface area (Å²) in [4.78, 5) is 8.28. The molecule has 0 unspecified atom stereocenters. The van der Waals surface area contributed by atoms with E-state index in [0.29, 0.717) is 5.82 Å². The first-order chi connectivity index (χ1) is 7.13. The molecule has 0 amide bonds. The minimum absolute atomic E-state index is 0.685. The first kappa shape index (κ1) is 11.2. The van der Waals surface area contributed by atoms with Crippen LogP contribution in [0.2, 0.25) is 0 Å². The third-order valence-electron chi connectivity index (χ3n) is 1.88. The van der Waals surface area contributed by atoms with Crippen molar-refractivity contribution in [2.75, 3.05) is 0 Å². The quantitative estimate of drug-likeness (QED) is 0.604. The van der Waals surface area contributed by atoms with Crippen LogP contribution in [0.15, 0.2) is 40.9 Å². The van der Waals surface area contributed by atoms with Crippen LogP contribution in [0.4, 0.5) is 5.82 Å². The largest absolute Gasteiger partial charge is 0.398 e. The normalized spacial score (nSPS) is 13.8. The summed E-state index contributed by atoms with van der Waals surface area (Å²) >= 11 is 0. The van der Waals surface area contributed by atoms with E-state index in [1.54, 1.807) is 12.5 Å². The van der Waals surface area contributed by atoms with Gasteiger partial charge in [-0.2, -0.15) is 0 Å². The molecular weight excluding hydrogens is 188 g/mol. The molecule has 0 spiro atoms. The average Bonchev–Trinajstić information content (AvgIpc) is 2.61. The van der Waals surface area contributed by atoms with E-state index in [2.05, 4.69) is 9.98 Å². The number of rotatable bonds is 3. The van der Waals surface area contributed by atoms with Gasteiger partial charge in [0.15, 0.2) is 5.82 Å². The number of imidazole rings is 1. The second kappa shape index (κ2) is 5.14. The van der Waals surface area contributed by atoms with E-state index in [1.165, 1.54) is 0 Å². The van der Waals surface area contributed by atoms with Crippen LogP contribution in [-0.4, -0.2) is 15.8 Å². The predicted molar refractivity (Wildman–Crippen MR) is 63.1 cm³/mol. The van der Waals surface area contributed by atoms with E-state index >= 15 is 0 Å². The van der Waals surface area contributed by atoms with E-state index in [4.69, 9.17) is 5.73 Å². The monoisotopic (exact) mass is 204 g/mol. The van der Waals surface area contributed by atoms with Crippen LogP contribution in [0.25, 0.3) is 0 Å². The molecule has 4 nitrogen and oxygen atoms in total. The highest BCUT2D eigenvalue weighted by molar-refractivity contribution is 5.81. The van der Waals surface area contributed by atoms with Crippen molar-refractivity contribution in [1.29, 1.82) is 0 Å². The lowest BCUT2D eigenvalue weighted by Crippen LogP contribution is -1.97. The van der Waals surface area contributed by atoms with Crippen LogP contribution in [0.3, 0.4) is 0 Å². The molecule has 4 heteroatoms. The van der Waals surface area contributed by atoms with E-state index in [9.17, 15) is 0 Å². The van der Waals surface area contributed by atoms with Gasteiger partial charge < -0.3 is 10.3 Å². The molecule has 0 bridgehead atoms. The number of allylic oxidation sites excluding steroid dienone is 3. The van der Waals surface area contributed by atoms with E-state index in [0.717, 1.165) is 11.3 Å². The Kier molecular flexibility index (Phi) is 3.85. The Labute approximate surface area is 89.8 Å². The van der Waals surface area contributed by atoms with E-state index < -0.39 is 0 Å². The lowest BCUT2D eigenvalue weighted by molar-refractivity contribution is 0.913. The third kappa shape index (κ3) is 3.42. The maximum atomic E-state index is 5.77. The SMILES string of the molecule is C/C=C\C(N)=C(C)C=Nc1cn(C)cn1. The van der Waals surface area contributed by atoms with Crippen molar-refractivity contribution in [2.45, 2.75) is 13.8 Å². The van der Waals surface area contributed by atoms with Gasteiger partial charge in [-0.1, -0.05) is 6.08 Å². The molecule has 2 N–H and O–H groups in total. The number of aryl methyl sites for hydroxylation is 1. The highest BCUT2D eigenvalue weighted by Gasteiger charge is 1.93. The van der Waals surface area contributed by atoms with Crippen molar-refractivity contribution in [3.8, 4) is 0 Å². The third-order valence-corrected chi connectivity index (χ3v) is 1.88.